The van der Waals surface area contributed by atoms with E-state index in [0.29, 0.717) is 11.1 Å². The first kappa shape index (κ1) is 14.9. The Morgan fingerprint density at radius 1 is 1.45 bits per heavy atom. The Kier molecular flexibility index (Phi) is 4.09. The van der Waals surface area contributed by atoms with Crippen molar-refractivity contribution in [2.45, 2.75) is 33.6 Å². The molecule has 1 aromatic rings. The second-order valence-electron chi connectivity index (χ2n) is 5.95. The van der Waals surface area contributed by atoms with Gasteiger partial charge < -0.3 is 4.84 Å². The summed E-state index contributed by atoms with van der Waals surface area (Å²) in [7, 11) is 0. The van der Waals surface area contributed by atoms with Gasteiger partial charge in [-0.15, -0.1) is 0 Å². The lowest BCUT2D eigenvalue weighted by Crippen LogP contribution is -2.49. The molecule has 2 rings (SSSR count). The molecule has 1 aliphatic rings. The molecule has 0 aromatic carbocycles. The molecule has 20 heavy (non-hydrogen) atoms. The number of nitrogens with zero attached hydrogens (tertiary/aromatic N) is 1. The summed E-state index contributed by atoms with van der Waals surface area (Å²) in [6.07, 6.45) is 2.69. The third-order valence-corrected chi connectivity index (χ3v) is 4.68. The Morgan fingerprint density at radius 2 is 2.15 bits per heavy atom. The minimum atomic E-state index is -0.313. The maximum Gasteiger partial charge on any atom is 0.333 e. The zero-order valence-electron chi connectivity index (χ0n) is 12.0. The topological polar surface area (TPSA) is 48.3 Å². The molecular weight excluding hydrogens is 274 g/mol. The van der Waals surface area contributed by atoms with Crippen molar-refractivity contribution in [2.24, 2.45) is 17.3 Å². The summed E-state index contributed by atoms with van der Waals surface area (Å²) in [5.41, 5.74) is -0.136. The van der Waals surface area contributed by atoms with Gasteiger partial charge in [-0.05, 0) is 36.8 Å². The molecule has 0 amide bonds. The average Bonchev–Trinajstić information content (AvgIpc) is 2.36. The average molecular weight is 293 g/mol. The first-order chi connectivity index (χ1) is 9.32. The third kappa shape index (κ3) is 2.82. The molecule has 0 spiro atoms. The molecular formula is C15H19NO3S. The Balaban J connectivity index is 1.96. The minimum Gasteiger partial charge on any atom is -0.336 e. The molecule has 4 nitrogen and oxygen atoms in total. The number of carbonyl (C=O) groups is 2. The molecule has 1 aromatic heterocycles. The summed E-state index contributed by atoms with van der Waals surface area (Å²) in [5.74, 6) is 0.123. The number of hydrogen-bond donors (Lipinski definition) is 0. The Hall–Kier alpha value is -1.49. The van der Waals surface area contributed by atoms with Crippen LogP contribution in [0.5, 0.6) is 0 Å². The second kappa shape index (κ2) is 5.48. The predicted octanol–water partition coefficient (Wildman–Crippen LogP) is 2.81. The van der Waals surface area contributed by atoms with Crippen molar-refractivity contribution in [3.8, 4) is 0 Å². The maximum absolute atomic E-state index is 12.0. The Bertz CT molecular complexity index is 591. The SMILES string of the molecule is CC(=O)[C@H]1C[C@@H](CC(=O)On2ccccc2=S)C1(C)C. The molecule has 0 saturated heterocycles. The lowest BCUT2D eigenvalue weighted by Gasteiger charge is -2.50. The van der Waals surface area contributed by atoms with Gasteiger partial charge in [0, 0.05) is 12.1 Å². The molecule has 108 valence electrons. The van der Waals surface area contributed by atoms with Gasteiger partial charge in [-0.1, -0.05) is 32.1 Å². The molecule has 0 radical (unpaired) electrons. The molecule has 0 unspecified atom stereocenters. The van der Waals surface area contributed by atoms with Crippen LogP contribution in [0.1, 0.15) is 33.6 Å². The van der Waals surface area contributed by atoms with Crippen molar-refractivity contribution in [1.29, 1.82) is 0 Å². The van der Waals surface area contributed by atoms with Crippen LogP contribution in [0.15, 0.2) is 24.4 Å². The predicted molar refractivity (Wildman–Crippen MR) is 77.5 cm³/mol. The van der Waals surface area contributed by atoms with E-state index in [1.165, 1.54) is 4.73 Å². The van der Waals surface area contributed by atoms with Gasteiger partial charge in [-0.2, -0.15) is 4.73 Å². The molecule has 1 fully saturated rings. The van der Waals surface area contributed by atoms with Crippen LogP contribution in [0.25, 0.3) is 0 Å². The number of carbonyl (C=O) groups excluding carboxylic acids is 2. The quantitative estimate of drug-likeness (QED) is 0.801. The van der Waals surface area contributed by atoms with Crippen LogP contribution in [-0.2, 0) is 9.59 Å². The van der Waals surface area contributed by atoms with Gasteiger partial charge in [-0.3, -0.25) is 4.79 Å². The molecule has 0 aliphatic heterocycles. The molecule has 2 atom stereocenters. The largest absolute Gasteiger partial charge is 0.336 e. The Labute approximate surface area is 123 Å². The standard InChI is InChI=1S/C15H19NO3S/c1-10(17)12-8-11(15(12,2)3)9-14(18)19-16-7-5-4-6-13(16)20/h4-7,11-12H,8-9H2,1-3H3/t11-,12+/m0/s1. The molecule has 1 saturated carbocycles. The summed E-state index contributed by atoms with van der Waals surface area (Å²) in [6.45, 7) is 5.69. The van der Waals surface area contributed by atoms with Crippen molar-refractivity contribution in [3.63, 3.8) is 0 Å². The van der Waals surface area contributed by atoms with E-state index in [1.54, 1.807) is 31.3 Å². The van der Waals surface area contributed by atoms with Gasteiger partial charge in [-0.25, -0.2) is 4.79 Å². The van der Waals surface area contributed by atoms with Crippen molar-refractivity contribution < 1.29 is 14.4 Å². The summed E-state index contributed by atoms with van der Waals surface area (Å²) >= 11 is 5.07. The number of hydrogen-bond acceptors (Lipinski definition) is 4. The zero-order chi connectivity index (χ0) is 14.9. The monoisotopic (exact) mass is 293 g/mol. The van der Waals surface area contributed by atoms with E-state index in [0.717, 1.165) is 6.42 Å². The van der Waals surface area contributed by atoms with Crippen LogP contribution in [0, 0.1) is 21.9 Å². The van der Waals surface area contributed by atoms with Gasteiger partial charge in [0.1, 0.15) is 10.4 Å². The number of Topliss-reactive ketones (excluding diaryl/α,β-unsaturated/α-hetero) is 1. The normalized spacial score (nSPS) is 23.8. The highest BCUT2D eigenvalue weighted by Crippen LogP contribution is 2.53. The molecule has 0 N–H and O–H groups in total. The van der Waals surface area contributed by atoms with Crippen LogP contribution in [0.4, 0.5) is 0 Å². The van der Waals surface area contributed by atoms with Crippen LogP contribution in [0.2, 0.25) is 0 Å². The fourth-order valence-electron chi connectivity index (χ4n) is 2.89. The van der Waals surface area contributed by atoms with Crippen LogP contribution in [-0.4, -0.2) is 16.5 Å². The lowest BCUT2D eigenvalue weighted by atomic mass is 9.53. The van der Waals surface area contributed by atoms with Gasteiger partial charge in [0.2, 0.25) is 0 Å². The highest BCUT2D eigenvalue weighted by atomic mass is 32.1. The highest BCUT2D eigenvalue weighted by Gasteiger charge is 2.50. The van der Waals surface area contributed by atoms with Gasteiger partial charge in [0.05, 0.1) is 6.42 Å². The van der Waals surface area contributed by atoms with E-state index in [9.17, 15) is 9.59 Å². The van der Waals surface area contributed by atoms with Crippen molar-refractivity contribution in [3.05, 3.63) is 29.0 Å². The number of pyridine rings is 1. The van der Waals surface area contributed by atoms with Gasteiger partial charge >= 0.3 is 5.97 Å². The lowest BCUT2D eigenvalue weighted by molar-refractivity contribution is -0.154. The summed E-state index contributed by atoms with van der Waals surface area (Å²) in [5, 5.41) is 0. The fourth-order valence-corrected chi connectivity index (χ4v) is 3.07. The first-order valence-corrected chi connectivity index (χ1v) is 7.12. The van der Waals surface area contributed by atoms with Crippen LogP contribution >= 0.6 is 12.2 Å². The number of rotatable bonds is 4. The zero-order valence-corrected chi connectivity index (χ0v) is 12.8. The third-order valence-electron chi connectivity index (χ3n) is 4.36. The second-order valence-corrected chi connectivity index (χ2v) is 6.37. The van der Waals surface area contributed by atoms with Crippen LogP contribution < -0.4 is 4.84 Å². The number of ketones is 1. The highest BCUT2D eigenvalue weighted by molar-refractivity contribution is 7.71. The fraction of sp³-hybridized carbons (Fsp3) is 0.533. The first-order valence-electron chi connectivity index (χ1n) is 6.71. The maximum atomic E-state index is 12.0. The minimum absolute atomic E-state index is 0.0548. The van der Waals surface area contributed by atoms with E-state index in [-0.39, 0.29) is 29.0 Å². The van der Waals surface area contributed by atoms with Gasteiger partial charge in [0.25, 0.3) is 0 Å². The number of aromatic nitrogens is 1. The van der Waals surface area contributed by atoms with Crippen molar-refractivity contribution in [2.75, 3.05) is 0 Å². The van der Waals surface area contributed by atoms with E-state index >= 15 is 0 Å². The van der Waals surface area contributed by atoms with Crippen molar-refractivity contribution >= 4 is 24.0 Å². The summed E-state index contributed by atoms with van der Waals surface area (Å²) < 4.78 is 1.75. The summed E-state index contributed by atoms with van der Waals surface area (Å²) in [4.78, 5) is 28.7. The van der Waals surface area contributed by atoms with Crippen molar-refractivity contribution in [1.82, 2.24) is 4.73 Å². The smallest absolute Gasteiger partial charge is 0.333 e. The van der Waals surface area contributed by atoms with Crippen LogP contribution in [0.3, 0.4) is 0 Å². The Morgan fingerprint density at radius 3 is 2.70 bits per heavy atom. The van der Waals surface area contributed by atoms with E-state index in [1.807, 2.05) is 13.8 Å². The summed E-state index contributed by atoms with van der Waals surface area (Å²) in [6, 6.07) is 5.24. The van der Waals surface area contributed by atoms with E-state index in [4.69, 9.17) is 17.1 Å². The molecule has 1 aliphatic carbocycles. The molecule has 0 bridgehead atoms. The molecule has 5 heteroatoms. The van der Waals surface area contributed by atoms with E-state index < -0.39 is 0 Å². The van der Waals surface area contributed by atoms with E-state index in [2.05, 4.69) is 0 Å². The van der Waals surface area contributed by atoms with Gasteiger partial charge in [0.15, 0.2) is 0 Å². The molecule has 1 heterocycles.